The molecule has 1 aliphatic rings. The maximum atomic E-state index is 12.9. The van der Waals surface area contributed by atoms with Crippen molar-refractivity contribution in [3.05, 3.63) is 71.3 Å². The SMILES string of the molecule is CC.Cc1cccc(CCCC(CCCc2ccccc2)NC(=O)CC(=O)N2CCN(C(=O)OC(C)(C)C)CC2)c1. The molecule has 0 aromatic heterocycles. The first kappa shape index (κ1) is 33.9. The lowest BCUT2D eigenvalue weighted by Gasteiger charge is -2.35. The summed E-state index contributed by atoms with van der Waals surface area (Å²) in [5.74, 6) is -0.422. The second-order valence-electron chi connectivity index (χ2n) is 11.5. The predicted octanol–water partition coefficient (Wildman–Crippen LogP) is 6.32. The monoisotopic (exact) mass is 565 g/mol. The Labute approximate surface area is 247 Å². The fraction of sp³-hybridized carbons (Fsp3) is 0.559. The first-order valence-electron chi connectivity index (χ1n) is 15.2. The third kappa shape index (κ3) is 13.2. The molecule has 3 amide bonds. The number of nitrogens with one attached hydrogen (secondary N) is 1. The molecule has 1 unspecified atom stereocenters. The van der Waals surface area contributed by atoms with Crippen molar-refractivity contribution in [2.24, 2.45) is 0 Å². The van der Waals surface area contributed by atoms with Crippen molar-refractivity contribution in [2.75, 3.05) is 26.2 Å². The Balaban J connectivity index is 0.00000287. The van der Waals surface area contributed by atoms with Crippen LogP contribution in [0.5, 0.6) is 0 Å². The number of piperazine rings is 1. The van der Waals surface area contributed by atoms with Crippen LogP contribution in [0.1, 0.15) is 83.4 Å². The van der Waals surface area contributed by atoms with Crippen LogP contribution in [0.3, 0.4) is 0 Å². The highest BCUT2D eigenvalue weighted by Crippen LogP contribution is 2.15. The Hall–Kier alpha value is -3.35. The number of carbonyl (C=O) groups is 3. The van der Waals surface area contributed by atoms with Crippen molar-refractivity contribution in [1.29, 1.82) is 0 Å². The highest BCUT2D eigenvalue weighted by Gasteiger charge is 2.28. The number of ether oxygens (including phenoxy) is 1. The second kappa shape index (κ2) is 17.5. The van der Waals surface area contributed by atoms with E-state index in [4.69, 9.17) is 4.74 Å². The summed E-state index contributed by atoms with van der Waals surface area (Å²) in [6, 6.07) is 19.0. The highest BCUT2D eigenvalue weighted by molar-refractivity contribution is 5.97. The molecule has 1 N–H and O–H groups in total. The lowest BCUT2D eigenvalue weighted by molar-refractivity contribution is -0.137. The van der Waals surface area contributed by atoms with Crippen LogP contribution < -0.4 is 5.32 Å². The van der Waals surface area contributed by atoms with E-state index in [0.717, 1.165) is 38.5 Å². The number of aryl methyl sites for hydroxylation is 3. The number of benzene rings is 2. The van der Waals surface area contributed by atoms with Crippen LogP contribution in [0.4, 0.5) is 4.79 Å². The van der Waals surface area contributed by atoms with Crippen molar-refractivity contribution >= 4 is 17.9 Å². The van der Waals surface area contributed by atoms with E-state index in [2.05, 4.69) is 60.8 Å². The van der Waals surface area contributed by atoms with E-state index in [9.17, 15) is 14.4 Å². The zero-order valence-electron chi connectivity index (χ0n) is 26.1. The summed E-state index contributed by atoms with van der Waals surface area (Å²) in [5.41, 5.74) is 3.30. The van der Waals surface area contributed by atoms with E-state index < -0.39 is 5.60 Å². The number of hydrogen-bond acceptors (Lipinski definition) is 4. The van der Waals surface area contributed by atoms with Crippen LogP contribution in [0.15, 0.2) is 54.6 Å². The molecule has 0 spiro atoms. The summed E-state index contributed by atoms with van der Waals surface area (Å²) >= 11 is 0. The summed E-state index contributed by atoms with van der Waals surface area (Å²) in [6.45, 7) is 13.2. The van der Waals surface area contributed by atoms with Crippen molar-refractivity contribution in [3.63, 3.8) is 0 Å². The molecule has 1 fully saturated rings. The van der Waals surface area contributed by atoms with Gasteiger partial charge in [-0.1, -0.05) is 74.0 Å². The van der Waals surface area contributed by atoms with Gasteiger partial charge in [0, 0.05) is 32.2 Å². The van der Waals surface area contributed by atoms with Gasteiger partial charge in [0.1, 0.15) is 12.0 Å². The van der Waals surface area contributed by atoms with Gasteiger partial charge >= 0.3 is 6.09 Å². The summed E-state index contributed by atoms with van der Waals surface area (Å²) in [6.07, 6.45) is 5.09. The molecule has 7 nitrogen and oxygen atoms in total. The van der Waals surface area contributed by atoms with Gasteiger partial charge in [-0.3, -0.25) is 9.59 Å². The molecule has 7 heteroatoms. The minimum atomic E-state index is -0.556. The first-order valence-corrected chi connectivity index (χ1v) is 15.2. The average Bonchev–Trinajstić information content (AvgIpc) is 2.94. The van der Waals surface area contributed by atoms with Crippen molar-refractivity contribution in [1.82, 2.24) is 15.1 Å². The number of carbonyl (C=O) groups excluding carboxylic acids is 3. The van der Waals surface area contributed by atoms with Gasteiger partial charge in [0.2, 0.25) is 11.8 Å². The standard InChI is InChI=1S/C32H45N3O4.C2H6/c1-25-11-8-15-27(23-25)16-10-18-28(17-9-14-26-12-6-5-7-13-26)33-29(36)24-30(37)34-19-21-35(22-20-34)31(38)39-32(2,3)4;1-2/h5-8,11-13,15,23,28H,9-10,14,16-22,24H2,1-4H3,(H,33,36);1-2H3. The molecule has 0 saturated carbocycles. The van der Waals surface area contributed by atoms with Crippen LogP contribution >= 0.6 is 0 Å². The van der Waals surface area contributed by atoms with Crippen LogP contribution in [-0.2, 0) is 27.2 Å². The van der Waals surface area contributed by atoms with Crippen LogP contribution in [0.2, 0.25) is 0 Å². The van der Waals surface area contributed by atoms with Gasteiger partial charge in [0.25, 0.3) is 0 Å². The van der Waals surface area contributed by atoms with Crippen LogP contribution in [0.25, 0.3) is 0 Å². The fourth-order valence-electron chi connectivity index (χ4n) is 4.90. The summed E-state index contributed by atoms with van der Waals surface area (Å²) < 4.78 is 5.43. The van der Waals surface area contributed by atoms with E-state index in [1.54, 1.807) is 9.80 Å². The molecule has 0 aliphatic carbocycles. The molecule has 1 atom stereocenters. The molecular formula is C34H51N3O4. The normalized spacial score (nSPS) is 14.0. The van der Waals surface area contributed by atoms with E-state index in [0.29, 0.717) is 26.2 Å². The summed E-state index contributed by atoms with van der Waals surface area (Å²) in [4.78, 5) is 41.3. The molecule has 41 heavy (non-hydrogen) atoms. The molecule has 2 aromatic carbocycles. The number of nitrogens with zero attached hydrogens (tertiary/aromatic N) is 2. The second-order valence-corrected chi connectivity index (χ2v) is 11.5. The predicted molar refractivity (Wildman–Crippen MR) is 166 cm³/mol. The van der Waals surface area contributed by atoms with E-state index >= 15 is 0 Å². The zero-order chi connectivity index (χ0) is 30.3. The number of rotatable bonds is 11. The fourth-order valence-corrected chi connectivity index (χ4v) is 4.90. The third-order valence-corrected chi connectivity index (χ3v) is 6.92. The molecule has 3 rings (SSSR count). The largest absolute Gasteiger partial charge is 0.444 e. The van der Waals surface area contributed by atoms with Gasteiger partial charge in [-0.05, 0) is 77.3 Å². The van der Waals surface area contributed by atoms with Gasteiger partial charge in [-0.15, -0.1) is 0 Å². The lowest BCUT2D eigenvalue weighted by atomic mass is 9.98. The van der Waals surface area contributed by atoms with Crippen molar-refractivity contribution in [3.8, 4) is 0 Å². The highest BCUT2D eigenvalue weighted by atomic mass is 16.6. The maximum absolute atomic E-state index is 12.9. The molecule has 1 saturated heterocycles. The minimum absolute atomic E-state index is 0.0304. The van der Waals surface area contributed by atoms with Crippen LogP contribution in [-0.4, -0.2) is 65.5 Å². The van der Waals surface area contributed by atoms with Gasteiger partial charge in [0.05, 0.1) is 0 Å². The number of hydrogen-bond donors (Lipinski definition) is 1. The van der Waals surface area contributed by atoms with Crippen molar-refractivity contribution < 1.29 is 19.1 Å². The van der Waals surface area contributed by atoms with Gasteiger partial charge in [-0.2, -0.15) is 0 Å². The number of amides is 3. The maximum Gasteiger partial charge on any atom is 0.410 e. The molecule has 1 aliphatic heterocycles. The van der Waals surface area contributed by atoms with E-state index in [-0.39, 0.29) is 30.4 Å². The Morgan fingerprint density at radius 2 is 1.39 bits per heavy atom. The minimum Gasteiger partial charge on any atom is -0.444 e. The lowest BCUT2D eigenvalue weighted by Crippen LogP contribution is -2.52. The molecule has 226 valence electrons. The molecule has 0 radical (unpaired) electrons. The van der Waals surface area contributed by atoms with E-state index in [1.165, 1.54) is 16.7 Å². The first-order chi connectivity index (χ1) is 19.6. The quantitative estimate of drug-likeness (QED) is 0.323. The third-order valence-electron chi connectivity index (χ3n) is 6.92. The van der Waals surface area contributed by atoms with E-state index in [1.807, 2.05) is 40.7 Å². The zero-order valence-corrected chi connectivity index (χ0v) is 26.1. The molecule has 2 aromatic rings. The Bertz CT molecular complexity index is 1070. The Morgan fingerprint density at radius 1 is 0.829 bits per heavy atom. The van der Waals surface area contributed by atoms with Gasteiger partial charge in [0.15, 0.2) is 0 Å². The molecule has 1 heterocycles. The van der Waals surface area contributed by atoms with Crippen LogP contribution in [0, 0.1) is 6.92 Å². The van der Waals surface area contributed by atoms with Crippen molar-refractivity contribution in [2.45, 2.75) is 98.1 Å². The molecule has 0 bridgehead atoms. The average molecular weight is 566 g/mol. The summed E-state index contributed by atoms with van der Waals surface area (Å²) in [7, 11) is 0. The van der Waals surface area contributed by atoms with Gasteiger partial charge < -0.3 is 19.9 Å². The Kier molecular flexibility index (Phi) is 14.4. The smallest absolute Gasteiger partial charge is 0.410 e. The summed E-state index contributed by atoms with van der Waals surface area (Å²) in [5, 5.41) is 3.15. The topological polar surface area (TPSA) is 79.0 Å². The molecular weight excluding hydrogens is 514 g/mol. The van der Waals surface area contributed by atoms with Gasteiger partial charge in [-0.25, -0.2) is 4.79 Å². The Morgan fingerprint density at radius 3 is 1.98 bits per heavy atom.